The number of amides is 2. The molecule has 0 atom stereocenters. The van der Waals surface area contributed by atoms with Crippen LogP contribution in [0.15, 0.2) is 18.2 Å². The number of carbonyl (C=O) groups excluding carboxylic acids is 2. The molecule has 0 bridgehead atoms. The number of hydrogen-bond acceptors (Lipinski definition) is 3. The molecule has 5 nitrogen and oxygen atoms in total. The molecule has 1 aromatic carbocycles. The summed E-state index contributed by atoms with van der Waals surface area (Å²) in [5.41, 5.74) is 1.70. The van der Waals surface area contributed by atoms with Crippen LogP contribution in [0.5, 0.6) is 5.75 Å². The summed E-state index contributed by atoms with van der Waals surface area (Å²) in [6, 6.07) is 5.64. The van der Waals surface area contributed by atoms with E-state index in [0.717, 1.165) is 31.4 Å². The van der Waals surface area contributed by atoms with Crippen molar-refractivity contribution < 1.29 is 14.3 Å². The van der Waals surface area contributed by atoms with Crippen molar-refractivity contribution in [3.63, 3.8) is 0 Å². The molecule has 2 rings (SSSR count). The molecule has 1 aliphatic rings. The van der Waals surface area contributed by atoms with E-state index in [-0.39, 0.29) is 18.4 Å². The van der Waals surface area contributed by atoms with E-state index in [9.17, 15) is 9.59 Å². The van der Waals surface area contributed by atoms with Crippen LogP contribution >= 0.6 is 0 Å². The molecule has 1 aromatic rings. The Balaban J connectivity index is 1.79. The normalized spacial score (nSPS) is 13.1. The smallest absolute Gasteiger partial charge is 0.262 e. The summed E-state index contributed by atoms with van der Waals surface area (Å²) in [5.74, 6) is 0.611. The molecule has 0 saturated heterocycles. The molecule has 2 amide bonds. The van der Waals surface area contributed by atoms with E-state index < -0.39 is 0 Å². The molecule has 0 unspecified atom stereocenters. The first-order valence-electron chi connectivity index (χ1n) is 7.51. The maximum Gasteiger partial charge on any atom is 0.262 e. The molecule has 0 aromatic heterocycles. The maximum atomic E-state index is 11.7. The Hall–Kier alpha value is -2.04. The Morgan fingerprint density at radius 1 is 1.38 bits per heavy atom. The predicted octanol–water partition coefficient (Wildman–Crippen LogP) is 2.26. The zero-order valence-electron chi connectivity index (χ0n) is 12.4. The quantitative estimate of drug-likeness (QED) is 0.757. The van der Waals surface area contributed by atoms with Crippen LogP contribution in [0.1, 0.15) is 38.2 Å². The molecule has 5 heteroatoms. The zero-order valence-corrected chi connectivity index (χ0v) is 12.4. The van der Waals surface area contributed by atoms with Crippen molar-refractivity contribution in [3.05, 3.63) is 23.8 Å². The minimum Gasteiger partial charge on any atom is -0.482 e. The number of hydrogen-bond donors (Lipinski definition) is 2. The van der Waals surface area contributed by atoms with Crippen molar-refractivity contribution >= 4 is 17.5 Å². The summed E-state index contributed by atoms with van der Waals surface area (Å²) >= 11 is 0. The molecule has 0 spiro atoms. The van der Waals surface area contributed by atoms with Crippen molar-refractivity contribution in [1.82, 2.24) is 5.32 Å². The number of anilines is 1. The van der Waals surface area contributed by atoms with Gasteiger partial charge < -0.3 is 15.4 Å². The van der Waals surface area contributed by atoms with E-state index in [1.807, 2.05) is 18.2 Å². The largest absolute Gasteiger partial charge is 0.482 e. The van der Waals surface area contributed by atoms with Gasteiger partial charge in [0.25, 0.3) is 5.91 Å². The van der Waals surface area contributed by atoms with E-state index in [1.54, 1.807) is 0 Å². The number of aryl methyl sites for hydroxylation is 1. The lowest BCUT2D eigenvalue weighted by atomic mass is 10.1. The van der Waals surface area contributed by atoms with E-state index in [0.29, 0.717) is 24.3 Å². The van der Waals surface area contributed by atoms with Crippen LogP contribution in [0.2, 0.25) is 0 Å². The van der Waals surface area contributed by atoms with E-state index in [2.05, 4.69) is 17.6 Å². The van der Waals surface area contributed by atoms with Crippen molar-refractivity contribution in [3.8, 4) is 5.75 Å². The Bertz CT molecular complexity index is 514. The van der Waals surface area contributed by atoms with Gasteiger partial charge >= 0.3 is 0 Å². The molecule has 0 radical (unpaired) electrons. The van der Waals surface area contributed by atoms with Gasteiger partial charge in [0, 0.05) is 13.0 Å². The van der Waals surface area contributed by atoms with Crippen LogP contribution < -0.4 is 15.4 Å². The van der Waals surface area contributed by atoms with Gasteiger partial charge in [0.2, 0.25) is 5.91 Å². The second-order valence-electron chi connectivity index (χ2n) is 5.22. The Kier molecular flexibility index (Phi) is 5.60. The van der Waals surface area contributed by atoms with Gasteiger partial charge in [-0.05, 0) is 30.5 Å². The third kappa shape index (κ3) is 4.77. The van der Waals surface area contributed by atoms with Gasteiger partial charge in [-0.15, -0.1) is 0 Å². The minimum absolute atomic E-state index is 0.0620. The topological polar surface area (TPSA) is 67.4 Å². The van der Waals surface area contributed by atoms with Crippen LogP contribution in [0, 0.1) is 0 Å². The third-order valence-electron chi connectivity index (χ3n) is 3.42. The number of carbonyl (C=O) groups is 2. The molecule has 0 fully saturated rings. The summed E-state index contributed by atoms with van der Waals surface area (Å²) in [6.07, 6.45) is 4.44. The summed E-state index contributed by atoms with van der Waals surface area (Å²) in [5, 5.41) is 5.70. The highest BCUT2D eigenvalue weighted by molar-refractivity contribution is 5.95. The predicted molar refractivity (Wildman–Crippen MR) is 81.4 cm³/mol. The average molecular weight is 290 g/mol. The number of unbranched alkanes of at least 4 members (excludes halogenated alkanes) is 2. The second kappa shape index (κ2) is 7.67. The first-order valence-corrected chi connectivity index (χ1v) is 7.51. The van der Waals surface area contributed by atoms with Crippen molar-refractivity contribution in [2.75, 3.05) is 18.5 Å². The van der Waals surface area contributed by atoms with Crippen molar-refractivity contribution in [1.29, 1.82) is 0 Å². The van der Waals surface area contributed by atoms with E-state index in [1.165, 1.54) is 0 Å². The summed E-state index contributed by atoms with van der Waals surface area (Å²) < 4.78 is 5.30. The summed E-state index contributed by atoms with van der Waals surface area (Å²) in [4.78, 5) is 23.0. The number of ether oxygens (including phenoxy) is 1. The van der Waals surface area contributed by atoms with E-state index in [4.69, 9.17) is 4.74 Å². The standard InChI is InChI=1S/C16H22N2O3/c1-2-3-4-9-17-15(19)8-6-12-5-7-14-13(10-12)18-16(20)11-21-14/h5,7,10H,2-4,6,8-9,11H2,1H3,(H,17,19)(H,18,20). The molecule has 114 valence electrons. The molecule has 1 aliphatic heterocycles. The van der Waals surface area contributed by atoms with Gasteiger partial charge in [-0.3, -0.25) is 9.59 Å². The van der Waals surface area contributed by atoms with Gasteiger partial charge in [-0.25, -0.2) is 0 Å². The molecular formula is C16H22N2O3. The lowest BCUT2D eigenvalue weighted by molar-refractivity contribution is -0.121. The van der Waals surface area contributed by atoms with Crippen LogP contribution in [-0.4, -0.2) is 25.0 Å². The highest BCUT2D eigenvalue weighted by atomic mass is 16.5. The Morgan fingerprint density at radius 3 is 3.05 bits per heavy atom. The van der Waals surface area contributed by atoms with E-state index >= 15 is 0 Å². The van der Waals surface area contributed by atoms with Crippen LogP contribution in [0.3, 0.4) is 0 Å². The van der Waals surface area contributed by atoms with Crippen LogP contribution in [0.4, 0.5) is 5.69 Å². The number of benzene rings is 1. The first kappa shape index (κ1) is 15.4. The number of nitrogens with one attached hydrogen (secondary N) is 2. The highest BCUT2D eigenvalue weighted by Gasteiger charge is 2.15. The minimum atomic E-state index is -0.145. The Morgan fingerprint density at radius 2 is 2.24 bits per heavy atom. The lowest BCUT2D eigenvalue weighted by Crippen LogP contribution is -2.26. The monoisotopic (exact) mass is 290 g/mol. The van der Waals surface area contributed by atoms with Gasteiger partial charge in [-0.2, -0.15) is 0 Å². The average Bonchev–Trinajstić information content (AvgIpc) is 2.49. The first-order chi connectivity index (χ1) is 10.2. The fourth-order valence-electron chi connectivity index (χ4n) is 2.23. The molecule has 0 aliphatic carbocycles. The van der Waals surface area contributed by atoms with Gasteiger partial charge in [0.15, 0.2) is 6.61 Å². The molecule has 21 heavy (non-hydrogen) atoms. The molecule has 2 N–H and O–H groups in total. The van der Waals surface area contributed by atoms with Gasteiger partial charge in [0.05, 0.1) is 5.69 Å². The van der Waals surface area contributed by atoms with Crippen molar-refractivity contribution in [2.24, 2.45) is 0 Å². The maximum absolute atomic E-state index is 11.7. The highest BCUT2D eigenvalue weighted by Crippen LogP contribution is 2.28. The van der Waals surface area contributed by atoms with Gasteiger partial charge in [0.1, 0.15) is 5.75 Å². The second-order valence-corrected chi connectivity index (χ2v) is 5.22. The fourth-order valence-corrected chi connectivity index (χ4v) is 2.23. The Labute approximate surface area is 125 Å². The van der Waals surface area contributed by atoms with Crippen molar-refractivity contribution in [2.45, 2.75) is 39.0 Å². The number of rotatable bonds is 7. The van der Waals surface area contributed by atoms with Gasteiger partial charge in [-0.1, -0.05) is 25.8 Å². The summed E-state index contributed by atoms with van der Waals surface area (Å²) in [7, 11) is 0. The zero-order chi connectivity index (χ0) is 15.1. The summed E-state index contributed by atoms with van der Waals surface area (Å²) in [6.45, 7) is 2.95. The van der Waals surface area contributed by atoms with Crippen LogP contribution in [-0.2, 0) is 16.0 Å². The fraction of sp³-hybridized carbons (Fsp3) is 0.500. The van der Waals surface area contributed by atoms with Crippen LogP contribution in [0.25, 0.3) is 0 Å². The SMILES string of the molecule is CCCCCNC(=O)CCc1ccc2c(c1)NC(=O)CO2. The molecule has 0 saturated carbocycles. The third-order valence-corrected chi connectivity index (χ3v) is 3.42. The molecule has 1 heterocycles. The molecular weight excluding hydrogens is 268 g/mol. The number of fused-ring (bicyclic) bond motifs is 1. The lowest BCUT2D eigenvalue weighted by Gasteiger charge is -2.18.